The molecule has 0 aliphatic heterocycles. The lowest BCUT2D eigenvalue weighted by molar-refractivity contribution is -0.385. The lowest BCUT2D eigenvalue weighted by atomic mass is 10.1. The lowest BCUT2D eigenvalue weighted by Crippen LogP contribution is -2.25. The standard InChI is InChI=1S/C15H20N2O6/c1-2-23-11-7-8-13(17(21)22)12(10-11)15(20)16-9-5-3-4-6-14(18)19/h7-8,10H,2-6,9H2,1H3,(H,16,20)(H,18,19). The molecule has 0 aliphatic rings. The maximum absolute atomic E-state index is 12.1. The fourth-order valence-electron chi connectivity index (χ4n) is 1.99. The van der Waals surface area contributed by atoms with E-state index in [2.05, 4.69) is 5.32 Å². The van der Waals surface area contributed by atoms with Crippen molar-refractivity contribution in [3.05, 3.63) is 33.9 Å². The summed E-state index contributed by atoms with van der Waals surface area (Å²) >= 11 is 0. The minimum Gasteiger partial charge on any atom is -0.494 e. The van der Waals surface area contributed by atoms with Crippen molar-refractivity contribution in [3.8, 4) is 5.75 Å². The quantitative estimate of drug-likeness (QED) is 0.387. The SMILES string of the molecule is CCOc1ccc([N+](=O)[O-])c(C(=O)NCCCCCC(=O)O)c1. The molecule has 2 N–H and O–H groups in total. The Balaban J connectivity index is 2.61. The smallest absolute Gasteiger partial charge is 0.303 e. The highest BCUT2D eigenvalue weighted by Crippen LogP contribution is 2.24. The Labute approximate surface area is 133 Å². The van der Waals surface area contributed by atoms with Gasteiger partial charge in [-0.1, -0.05) is 6.42 Å². The second-order valence-electron chi connectivity index (χ2n) is 4.83. The van der Waals surface area contributed by atoms with Gasteiger partial charge in [0, 0.05) is 19.0 Å². The molecule has 0 radical (unpaired) electrons. The van der Waals surface area contributed by atoms with E-state index in [9.17, 15) is 19.7 Å². The minimum atomic E-state index is -0.850. The number of nitrogens with zero attached hydrogens (tertiary/aromatic N) is 1. The number of hydrogen-bond donors (Lipinski definition) is 2. The molecule has 0 saturated heterocycles. The lowest BCUT2D eigenvalue weighted by Gasteiger charge is -2.08. The Morgan fingerprint density at radius 3 is 2.65 bits per heavy atom. The fourth-order valence-corrected chi connectivity index (χ4v) is 1.99. The molecule has 1 amide bonds. The summed E-state index contributed by atoms with van der Waals surface area (Å²) in [7, 11) is 0. The minimum absolute atomic E-state index is 0.0496. The second kappa shape index (κ2) is 9.39. The molecular weight excluding hydrogens is 304 g/mol. The number of benzene rings is 1. The van der Waals surface area contributed by atoms with Crippen molar-refractivity contribution in [2.45, 2.75) is 32.6 Å². The van der Waals surface area contributed by atoms with E-state index in [0.717, 1.165) is 0 Å². The highest BCUT2D eigenvalue weighted by Gasteiger charge is 2.20. The predicted molar refractivity (Wildman–Crippen MR) is 82.7 cm³/mol. The molecule has 126 valence electrons. The highest BCUT2D eigenvalue weighted by atomic mass is 16.6. The number of carboxylic acid groups (broad SMARTS) is 1. The summed E-state index contributed by atoms with van der Waals surface area (Å²) in [5.41, 5.74) is -0.330. The first kappa shape index (κ1) is 18.4. The van der Waals surface area contributed by atoms with Crippen LogP contribution in [0.1, 0.15) is 43.0 Å². The summed E-state index contributed by atoms with van der Waals surface area (Å²) in [5, 5.41) is 22.1. The van der Waals surface area contributed by atoms with E-state index in [1.165, 1.54) is 18.2 Å². The van der Waals surface area contributed by atoms with Crippen molar-refractivity contribution in [1.82, 2.24) is 5.32 Å². The van der Waals surface area contributed by atoms with E-state index in [-0.39, 0.29) is 17.7 Å². The van der Waals surface area contributed by atoms with Crippen LogP contribution in [0.15, 0.2) is 18.2 Å². The van der Waals surface area contributed by atoms with Gasteiger partial charge < -0.3 is 15.2 Å². The van der Waals surface area contributed by atoms with Gasteiger partial charge in [0.2, 0.25) is 0 Å². The van der Waals surface area contributed by atoms with E-state index in [1.807, 2.05) is 0 Å². The number of carbonyl (C=O) groups excluding carboxylic acids is 1. The van der Waals surface area contributed by atoms with Crippen molar-refractivity contribution >= 4 is 17.6 Å². The number of rotatable bonds is 10. The normalized spacial score (nSPS) is 10.1. The number of carbonyl (C=O) groups is 2. The first-order chi connectivity index (χ1) is 11.0. The van der Waals surface area contributed by atoms with E-state index < -0.39 is 16.8 Å². The van der Waals surface area contributed by atoms with Crippen molar-refractivity contribution in [2.75, 3.05) is 13.2 Å². The van der Waals surface area contributed by atoms with Crippen LogP contribution in [0.5, 0.6) is 5.75 Å². The van der Waals surface area contributed by atoms with Crippen molar-refractivity contribution in [1.29, 1.82) is 0 Å². The maximum Gasteiger partial charge on any atom is 0.303 e. The molecule has 0 aromatic heterocycles. The number of aliphatic carboxylic acids is 1. The zero-order chi connectivity index (χ0) is 17.2. The van der Waals surface area contributed by atoms with Gasteiger partial charge in [-0.05, 0) is 31.9 Å². The number of nitro groups is 1. The average molecular weight is 324 g/mol. The summed E-state index contributed by atoms with van der Waals surface area (Å²) < 4.78 is 5.25. The molecule has 8 nitrogen and oxygen atoms in total. The Morgan fingerprint density at radius 2 is 2.04 bits per heavy atom. The largest absolute Gasteiger partial charge is 0.494 e. The number of nitrogens with one attached hydrogen (secondary N) is 1. The Morgan fingerprint density at radius 1 is 1.30 bits per heavy atom. The van der Waals surface area contributed by atoms with Crippen LogP contribution < -0.4 is 10.1 Å². The number of amides is 1. The number of unbranched alkanes of at least 4 members (excludes halogenated alkanes) is 2. The molecule has 0 fully saturated rings. The summed E-state index contributed by atoms with van der Waals surface area (Å²) in [6.07, 6.45) is 1.90. The number of hydrogen-bond acceptors (Lipinski definition) is 5. The summed E-state index contributed by atoms with van der Waals surface area (Å²) in [6, 6.07) is 4.04. The molecule has 1 rings (SSSR count). The van der Waals surface area contributed by atoms with Crippen LogP contribution in [0.3, 0.4) is 0 Å². The van der Waals surface area contributed by atoms with Crippen LogP contribution in [0.25, 0.3) is 0 Å². The van der Waals surface area contributed by atoms with Crippen molar-refractivity contribution in [2.24, 2.45) is 0 Å². The van der Waals surface area contributed by atoms with Crippen LogP contribution in [0, 0.1) is 10.1 Å². The van der Waals surface area contributed by atoms with Crippen molar-refractivity contribution in [3.63, 3.8) is 0 Å². The van der Waals surface area contributed by atoms with Gasteiger partial charge in [0.25, 0.3) is 11.6 Å². The van der Waals surface area contributed by atoms with E-state index in [4.69, 9.17) is 9.84 Å². The van der Waals surface area contributed by atoms with E-state index >= 15 is 0 Å². The van der Waals surface area contributed by atoms with Crippen LogP contribution >= 0.6 is 0 Å². The van der Waals surface area contributed by atoms with Gasteiger partial charge in [-0.15, -0.1) is 0 Å². The predicted octanol–water partition coefficient (Wildman–Crippen LogP) is 2.37. The molecule has 1 aromatic rings. The van der Waals surface area contributed by atoms with Gasteiger partial charge in [-0.2, -0.15) is 0 Å². The molecule has 0 atom stereocenters. The van der Waals surface area contributed by atoms with Gasteiger partial charge in [0.1, 0.15) is 11.3 Å². The summed E-state index contributed by atoms with van der Waals surface area (Å²) in [4.78, 5) is 32.9. The molecule has 0 saturated carbocycles. The molecule has 0 spiro atoms. The first-order valence-electron chi connectivity index (χ1n) is 7.37. The highest BCUT2D eigenvalue weighted by molar-refractivity contribution is 5.98. The number of ether oxygens (including phenoxy) is 1. The molecule has 8 heteroatoms. The van der Waals surface area contributed by atoms with Crippen LogP contribution in [0.4, 0.5) is 5.69 Å². The third-order valence-electron chi connectivity index (χ3n) is 3.07. The third-order valence-corrected chi connectivity index (χ3v) is 3.07. The summed E-state index contributed by atoms with van der Waals surface area (Å²) in [5.74, 6) is -1.00. The first-order valence-corrected chi connectivity index (χ1v) is 7.37. The van der Waals surface area contributed by atoms with Crippen LogP contribution in [0.2, 0.25) is 0 Å². The number of carboxylic acids is 1. The monoisotopic (exact) mass is 324 g/mol. The molecule has 23 heavy (non-hydrogen) atoms. The Hall–Kier alpha value is -2.64. The molecule has 0 aliphatic carbocycles. The van der Waals surface area contributed by atoms with E-state index in [1.54, 1.807) is 6.92 Å². The fraction of sp³-hybridized carbons (Fsp3) is 0.467. The average Bonchev–Trinajstić information content (AvgIpc) is 2.50. The molecular formula is C15H20N2O6. The molecule has 1 aromatic carbocycles. The Bertz CT molecular complexity index is 573. The third kappa shape index (κ3) is 6.33. The molecule has 0 unspecified atom stereocenters. The van der Waals surface area contributed by atoms with Gasteiger partial charge in [-0.3, -0.25) is 19.7 Å². The van der Waals surface area contributed by atoms with Gasteiger partial charge in [0.05, 0.1) is 11.5 Å². The zero-order valence-electron chi connectivity index (χ0n) is 12.9. The number of nitro benzene ring substituents is 1. The molecule has 0 heterocycles. The molecule has 0 bridgehead atoms. The van der Waals surface area contributed by atoms with Gasteiger partial charge in [0.15, 0.2) is 0 Å². The van der Waals surface area contributed by atoms with Crippen molar-refractivity contribution < 1.29 is 24.4 Å². The summed E-state index contributed by atoms with van der Waals surface area (Å²) in [6.45, 7) is 2.50. The van der Waals surface area contributed by atoms with E-state index in [0.29, 0.717) is 38.2 Å². The second-order valence-corrected chi connectivity index (χ2v) is 4.83. The zero-order valence-corrected chi connectivity index (χ0v) is 12.9. The Kier molecular flexibility index (Phi) is 7.52. The van der Waals surface area contributed by atoms with Gasteiger partial charge in [-0.25, -0.2) is 0 Å². The van der Waals surface area contributed by atoms with Crippen LogP contribution in [-0.2, 0) is 4.79 Å². The van der Waals surface area contributed by atoms with Gasteiger partial charge >= 0.3 is 5.97 Å². The topological polar surface area (TPSA) is 119 Å². The van der Waals surface area contributed by atoms with Crippen LogP contribution in [-0.4, -0.2) is 35.1 Å². The maximum atomic E-state index is 12.1.